The molecule has 20 heavy (non-hydrogen) atoms. The predicted molar refractivity (Wildman–Crippen MR) is 67.8 cm³/mol. The molecule has 1 unspecified atom stereocenters. The first kappa shape index (κ1) is 16.3. The van der Waals surface area contributed by atoms with Gasteiger partial charge in [-0.2, -0.15) is 13.2 Å². The van der Waals surface area contributed by atoms with Crippen molar-refractivity contribution in [2.75, 3.05) is 11.9 Å². The fourth-order valence-electron chi connectivity index (χ4n) is 1.51. The molecule has 0 spiro atoms. The first-order chi connectivity index (χ1) is 9.25. The molecule has 1 aromatic rings. The number of amides is 1. The maximum atomic E-state index is 13.6. The maximum Gasteiger partial charge on any atom is 0.416 e. The molecule has 0 saturated carbocycles. The molecule has 0 aliphatic rings. The van der Waals surface area contributed by atoms with Crippen molar-refractivity contribution in [1.29, 1.82) is 0 Å². The smallest absolute Gasteiger partial charge is 0.372 e. The molecular weight excluding hydrogens is 276 g/mol. The zero-order valence-corrected chi connectivity index (χ0v) is 11.1. The minimum atomic E-state index is -4.59. The molecule has 1 rings (SSSR count). The van der Waals surface area contributed by atoms with Crippen molar-refractivity contribution in [3.05, 3.63) is 29.6 Å². The summed E-state index contributed by atoms with van der Waals surface area (Å²) in [5.41, 5.74) is -1.21. The van der Waals surface area contributed by atoms with Crippen LogP contribution in [0.5, 0.6) is 0 Å². The SMILES string of the molecule is CCCNC(=O)C(C)Nc1ccc(C(F)(F)F)cc1F. The molecular formula is C13H16F4N2O. The van der Waals surface area contributed by atoms with E-state index in [-0.39, 0.29) is 11.6 Å². The summed E-state index contributed by atoms with van der Waals surface area (Å²) in [5.74, 6) is -1.39. The summed E-state index contributed by atoms with van der Waals surface area (Å²) < 4.78 is 50.7. The van der Waals surface area contributed by atoms with E-state index in [4.69, 9.17) is 0 Å². The van der Waals surface area contributed by atoms with E-state index in [0.717, 1.165) is 18.6 Å². The second-order valence-corrected chi connectivity index (χ2v) is 4.35. The molecule has 2 N–H and O–H groups in total. The van der Waals surface area contributed by atoms with Crippen LogP contribution >= 0.6 is 0 Å². The van der Waals surface area contributed by atoms with Crippen LogP contribution in [0, 0.1) is 5.82 Å². The average molecular weight is 292 g/mol. The van der Waals surface area contributed by atoms with Crippen LogP contribution in [0.4, 0.5) is 23.2 Å². The number of nitrogens with one attached hydrogen (secondary N) is 2. The summed E-state index contributed by atoms with van der Waals surface area (Å²) in [6.07, 6.45) is -3.84. The van der Waals surface area contributed by atoms with E-state index >= 15 is 0 Å². The third-order valence-electron chi connectivity index (χ3n) is 2.61. The van der Waals surface area contributed by atoms with Gasteiger partial charge in [-0.3, -0.25) is 4.79 Å². The molecule has 1 amide bonds. The van der Waals surface area contributed by atoms with Gasteiger partial charge in [0, 0.05) is 6.54 Å². The van der Waals surface area contributed by atoms with E-state index in [2.05, 4.69) is 10.6 Å². The molecule has 0 bridgehead atoms. The van der Waals surface area contributed by atoms with Crippen molar-refractivity contribution >= 4 is 11.6 Å². The molecule has 0 radical (unpaired) electrons. The number of carbonyl (C=O) groups excluding carboxylic acids is 1. The van der Waals surface area contributed by atoms with Crippen LogP contribution in [0.2, 0.25) is 0 Å². The number of anilines is 1. The lowest BCUT2D eigenvalue weighted by molar-refractivity contribution is -0.137. The minimum absolute atomic E-state index is 0.142. The normalized spacial score (nSPS) is 12.9. The highest BCUT2D eigenvalue weighted by atomic mass is 19.4. The van der Waals surface area contributed by atoms with Crippen molar-refractivity contribution < 1.29 is 22.4 Å². The molecule has 0 heterocycles. The Balaban J connectivity index is 2.76. The Morgan fingerprint density at radius 2 is 2.00 bits per heavy atom. The second kappa shape index (κ2) is 6.58. The Kier molecular flexibility index (Phi) is 5.35. The van der Waals surface area contributed by atoms with Gasteiger partial charge in [-0.25, -0.2) is 4.39 Å². The fraction of sp³-hybridized carbons (Fsp3) is 0.462. The summed E-state index contributed by atoms with van der Waals surface area (Å²) in [5, 5.41) is 5.15. The van der Waals surface area contributed by atoms with Gasteiger partial charge >= 0.3 is 6.18 Å². The van der Waals surface area contributed by atoms with Gasteiger partial charge in [0.25, 0.3) is 0 Å². The van der Waals surface area contributed by atoms with Crippen molar-refractivity contribution in [1.82, 2.24) is 5.32 Å². The molecule has 1 atom stereocenters. The van der Waals surface area contributed by atoms with E-state index in [1.807, 2.05) is 6.92 Å². The Morgan fingerprint density at radius 1 is 1.35 bits per heavy atom. The van der Waals surface area contributed by atoms with Gasteiger partial charge in [0.15, 0.2) is 0 Å². The molecule has 0 saturated heterocycles. The van der Waals surface area contributed by atoms with Gasteiger partial charge in [0.2, 0.25) is 5.91 Å². The van der Waals surface area contributed by atoms with Gasteiger partial charge in [-0.05, 0) is 31.5 Å². The van der Waals surface area contributed by atoms with Crippen LogP contribution in [0.3, 0.4) is 0 Å². The van der Waals surface area contributed by atoms with Gasteiger partial charge in [-0.15, -0.1) is 0 Å². The highest BCUT2D eigenvalue weighted by Crippen LogP contribution is 2.31. The first-order valence-corrected chi connectivity index (χ1v) is 6.16. The lowest BCUT2D eigenvalue weighted by Crippen LogP contribution is -2.38. The van der Waals surface area contributed by atoms with Crippen LogP contribution in [0.1, 0.15) is 25.8 Å². The summed E-state index contributed by atoms with van der Waals surface area (Å²) in [7, 11) is 0. The molecule has 0 aliphatic heterocycles. The van der Waals surface area contributed by atoms with E-state index in [9.17, 15) is 22.4 Å². The van der Waals surface area contributed by atoms with Gasteiger partial charge in [0.1, 0.15) is 11.9 Å². The largest absolute Gasteiger partial charge is 0.416 e. The highest BCUT2D eigenvalue weighted by Gasteiger charge is 2.31. The summed E-state index contributed by atoms with van der Waals surface area (Å²) >= 11 is 0. The molecule has 0 aromatic heterocycles. The second-order valence-electron chi connectivity index (χ2n) is 4.35. The third kappa shape index (κ3) is 4.40. The van der Waals surface area contributed by atoms with Crippen LogP contribution in [-0.4, -0.2) is 18.5 Å². The number of carbonyl (C=O) groups is 1. The standard InChI is InChI=1S/C13H16F4N2O/c1-3-6-18-12(20)8(2)19-11-5-4-9(7-10(11)14)13(15,16)17/h4-5,7-8,19H,3,6H2,1-2H3,(H,18,20). The number of halogens is 4. The molecule has 7 heteroatoms. The van der Waals surface area contributed by atoms with E-state index in [1.54, 1.807) is 0 Å². The van der Waals surface area contributed by atoms with Crippen LogP contribution in [0.25, 0.3) is 0 Å². The first-order valence-electron chi connectivity index (χ1n) is 6.16. The van der Waals surface area contributed by atoms with Gasteiger partial charge < -0.3 is 10.6 Å². The number of rotatable bonds is 5. The third-order valence-corrected chi connectivity index (χ3v) is 2.61. The average Bonchev–Trinajstić information content (AvgIpc) is 2.36. The monoisotopic (exact) mass is 292 g/mol. The Labute approximate surface area is 114 Å². The highest BCUT2D eigenvalue weighted by molar-refractivity contribution is 5.84. The number of hydrogen-bond acceptors (Lipinski definition) is 2. The van der Waals surface area contributed by atoms with Crippen molar-refractivity contribution in [2.24, 2.45) is 0 Å². The quantitative estimate of drug-likeness (QED) is 0.818. The Hall–Kier alpha value is -1.79. The number of hydrogen-bond donors (Lipinski definition) is 2. The van der Waals surface area contributed by atoms with Crippen LogP contribution in [0.15, 0.2) is 18.2 Å². The van der Waals surface area contributed by atoms with Gasteiger partial charge in [0.05, 0.1) is 11.3 Å². The maximum absolute atomic E-state index is 13.6. The van der Waals surface area contributed by atoms with Crippen molar-refractivity contribution in [2.45, 2.75) is 32.5 Å². The topological polar surface area (TPSA) is 41.1 Å². The lowest BCUT2D eigenvalue weighted by atomic mass is 10.1. The van der Waals surface area contributed by atoms with E-state index in [1.165, 1.54) is 6.92 Å². The van der Waals surface area contributed by atoms with Gasteiger partial charge in [-0.1, -0.05) is 6.92 Å². The molecule has 1 aromatic carbocycles. The molecule has 3 nitrogen and oxygen atoms in total. The Bertz CT molecular complexity index is 474. The molecule has 0 fully saturated rings. The molecule has 0 aliphatic carbocycles. The fourth-order valence-corrected chi connectivity index (χ4v) is 1.51. The van der Waals surface area contributed by atoms with Crippen molar-refractivity contribution in [3.8, 4) is 0 Å². The predicted octanol–water partition coefficient (Wildman–Crippen LogP) is 3.17. The van der Waals surface area contributed by atoms with E-state index in [0.29, 0.717) is 12.6 Å². The zero-order chi connectivity index (χ0) is 15.3. The zero-order valence-electron chi connectivity index (χ0n) is 11.1. The van der Waals surface area contributed by atoms with Crippen LogP contribution in [-0.2, 0) is 11.0 Å². The van der Waals surface area contributed by atoms with Crippen molar-refractivity contribution in [3.63, 3.8) is 0 Å². The number of benzene rings is 1. The summed E-state index contributed by atoms with van der Waals surface area (Å²) in [6.45, 7) is 3.87. The van der Waals surface area contributed by atoms with E-state index < -0.39 is 23.6 Å². The minimum Gasteiger partial charge on any atom is -0.372 e. The molecule has 112 valence electrons. The summed E-state index contributed by atoms with van der Waals surface area (Å²) in [4.78, 5) is 11.6. The lowest BCUT2D eigenvalue weighted by Gasteiger charge is -2.16. The summed E-state index contributed by atoms with van der Waals surface area (Å²) in [6, 6.07) is 1.40. The number of alkyl halides is 3. The van der Waals surface area contributed by atoms with Crippen LogP contribution < -0.4 is 10.6 Å². The Morgan fingerprint density at radius 3 is 2.50 bits per heavy atom.